The summed E-state index contributed by atoms with van der Waals surface area (Å²) in [6.07, 6.45) is 2.48. The summed E-state index contributed by atoms with van der Waals surface area (Å²) in [5, 5.41) is 26.7. The molecule has 6 rings (SSSR count). The summed E-state index contributed by atoms with van der Waals surface area (Å²) in [5.74, 6) is -1.03. The molecule has 2 aliphatic rings. The lowest BCUT2D eigenvalue weighted by molar-refractivity contribution is 0.0587. The van der Waals surface area contributed by atoms with Crippen molar-refractivity contribution < 1.29 is 18.3 Å². The Labute approximate surface area is 197 Å². The number of halogens is 3. The van der Waals surface area contributed by atoms with E-state index in [1.165, 1.54) is 12.1 Å². The van der Waals surface area contributed by atoms with E-state index in [1.54, 1.807) is 34.1 Å². The highest BCUT2D eigenvalue weighted by Crippen LogP contribution is 2.48. The Balaban J connectivity index is 1.43. The molecule has 0 amide bonds. The monoisotopic (exact) mass is 479 g/mol. The standard InChI is InChI=1S/C24H20F3N7O/c1-2-13-6-14-10-30-34(22(14)28-9-13)15-8-24(23(26)27)12-29-21-19(33(24)11-15)7-18(31-32-21)16-4-3-5-17(25)20(16)35/h2-7,9-10,15,23,35H,1,8,11-12H2,(H,29,32)/t15-,24-/m1/s1. The fourth-order valence-electron chi connectivity index (χ4n) is 5.07. The number of phenols is 1. The number of anilines is 2. The van der Waals surface area contributed by atoms with Crippen LogP contribution >= 0.6 is 0 Å². The van der Waals surface area contributed by atoms with Crippen molar-refractivity contribution in [1.29, 1.82) is 0 Å². The molecule has 5 heterocycles. The topological polar surface area (TPSA) is 92.0 Å². The Kier molecular flexibility index (Phi) is 4.70. The van der Waals surface area contributed by atoms with Gasteiger partial charge in [-0.05, 0) is 29.8 Å². The fourth-order valence-corrected chi connectivity index (χ4v) is 5.07. The van der Waals surface area contributed by atoms with Gasteiger partial charge in [0.25, 0.3) is 6.43 Å². The Morgan fingerprint density at radius 3 is 2.89 bits per heavy atom. The van der Waals surface area contributed by atoms with Crippen molar-refractivity contribution in [3.63, 3.8) is 0 Å². The van der Waals surface area contributed by atoms with Gasteiger partial charge in [0.15, 0.2) is 23.0 Å². The van der Waals surface area contributed by atoms with E-state index in [2.05, 4.69) is 32.2 Å². The number of nitrogens with one attached hydrogen (secondary N) is 1. The molecular weight excluding hydrogens is 459 g/mol. The summed E-state index contributed by atoms with van der Waals surface area (Å²) < 4.78 is 45.0. The molecule has 11 heteroatoms. The van der Waals surface area contributed by atoms with Crippen LogP contribution in [0.1, 0.15) is 18.0 Å². The quantitative estimate of drug-likeness (QED) is 0.452. The summed E-state index contributed by atoms with van der Waals surface area (Å²) in [5.41, 5.74) is 0.655. The highest BCUT2D eigenvalue weighted by molar-refractivity contribution is 5.79. The molecule has 1 saturated heterocycles. The van der Waals surface area contributed by atoms with Gasteiger partial charge in [-0.2, -0.15) is 5.10 Å². The number of phenolic OH excluding ortho intramolecular Hbond substituents is 1. The van der Waals surface area contributed by atoms with Gasteiger partial charge in [-0.15, -0.1) is 10.2 Å². The number of fused-ring (bicyclic) bond motifs is 4. The third-order valence-corrected chi connectivity index (χ3v) is 6.85. The van der Waals surface area contributed by atoms with Crippen LogP contribution in [-0.2, 0) is 0 Å². The molecule has 1 fully saturated rings. The van der Waals surface area contributed by atoms with E-state index in [0.717, 1.165) is 17.0 Å². The summed E-state index contributed by atoms with van der Waals surface area (Å²) >= 11 is 0. The van der Waals surface area contributed by atoms with Crippen LogP contribution in [0.4, 0.5) is 24.7 Å². The summed E-state index contributed by atoms with van der Waals surface area (Å²) in [6, 6.07) is 7.13. The third kappa shape index (κ3) is 3.14. The SMILES string of the molecule is C=Cc1cnc2c(cnn2[C@H]2CN3c4cc(-c5cccc(F)c5O)nnc4NC[C@@]3(C(F)F)C2)c1. The van der Waals surface area contributed by atoms with Gasteiger partial charge in [0.05, 0.1) is 23.6 Å². The van der Waals surface area contributed by atoms with Gasteiger partial charge in [-0.25, -0.2) is 22.8 Å². The number of para-hydroxylation sites is 1. The minimum atomic E-state index is -2.67. The maximum Gasteiger partial charge on any atom is 0.263 e. The van der Waals surface area contributed by atoms with Crippen LogP contribution in [0.15, 0.2) is 49.3 Å². The number of alkyl halides is 2. The molecule has 2 atom stereocenters. The van der Waals surface area contributed by atoms with Crippen molar-refractivity contribution in [2.45, 2.75) is 24.4 Å². The third-order valence-electron chi connectivity index (χ3n) is 6.85. The molecule has 0 unspecified atom stereocenters. The molecule has 4 aromatic rings. The lowest BCUT2D eigenvalue weighted by Gasteiger charge is -2.43. The first-order valence-corrected chi connectivity index (χ1v) is 11.0. The van der Waals surface area contributed by atoms with Crippen molar-refractivity contribution in [3.05, 3.63) is 60.7 Å². The van der Waals surface area contributed by atoms with E-state index >= 15 is 0 Å². The van der Waals surface area contributed by atoms with Gasteiger partial charge >= 0.3 is 0 Å². The van der Waals surface area contributed by atoms with Crippen molar-refractivity contribution in [2.75, 3.05) is 23.3 Å². The second kappa shape index (κ2) is 7.69. The zero-order chi connectivity index (χ0) is 24.3. The molecule has 2 N–H and O–H groups in total. The van der Waals surface area contributed by atoms with Crippen LogP contribution in [0.25, 0.3) is 28.4 Å². The number of rotatable bonds is 4. The highest BCUT2D eigenvalue weighted by atomic mass is 19.3. The number of aromatic nitrogens is 5. The van der Waals surface area contributed by atoms with Crippen LogP contribution < -0.4 is 10.2 Å². The molecule has 35 heavy (non-hydrogen) atoms. The molecule has 2 aliphatic heterocycles. The van der Waals surface area contributed by atoms with E-state index in [0.29, 0.717) is 17.2 Å². The zero-order valence-electron chi connectivity index (χ0n) is 18.4. The van der Waals surface area contributed by atoms with Crippen LogP contribution in [0.3, 0.4) is 0 Å². The Hall–Kier alpha value is -4.15. The minimum absolute atomic E-state index is 0.0271. The Morgan fingerprint density at radius 1 is 1.23 bits per heavy atom. The Morgan fingerprint density at radius 2 is 2.09 bits per heavy atom. The molecular formula is C24H20F3N7O. The normalized spacial score (nSPS) is 21.1. The second-order valence-electron chi connectivity index (χ2n) is 8.80. The molecule has 178 valence electrons. The molecule has 0 saturated carbocycles. The van der Waals surface area contributed by atoms with E-state index in [-0.39, 0.29) is 36.8 Å². The average molecular weight is 479 g/mol. The van der Waals surface area contributed by atoms with Crippen LogP contribution in [-0.4, -0.2) is 55.1 Å². The number of benzene rings is 1. The van der Waals surface area contributed by atoms with Crippen molar-refractivity contribution in [1.82, 2.24) is 25.0 Å². The smallest absolute Gasteiger partial charge is 0.263 e. The van der Waals surface area contributed by atoms with Gasteiger partial charge in [0.2, 0.25) is 0 Å². The summed E-state index contributed by atoms with van der Waals surface area (Å²) in [6.45, 7) is 3.96. The maximum absolute atomic E-state index is 14.7. The highest BCUT2D eigenvalue weighted by Gasteiger charge is 2.55. The Bertz CT molecular complexity index is 1470. The molecule has 0 aliphatic carbocycles. The van der Waals surface area contributed by atoms with Crippen LogP contribution in [0.2, 0.25) is 0 Å². The lowest BCUT2D eigenvalue weighted by Crippen LogP contribution is -2.57. The number of hydrogen-bond donors (Lipinski definition) is 2. The summed E-state index contributed by atoms with van der Waals surface area (Å²) in [7, 11) is 0. The average Bonchev–Trinajstić information content (AvgIpc) is 3.47. The van der Waals surface area contributed by atoms with E-state index < -0.39 is 23.5 Å². The second-order valence-corrected chi connectivity index (χ2v) is 8.80. The van der Waals surface area contributed by atoms with E-state index in [1.807, 2.05) is 6.07 Å². The predicted octanol–water partition coefficient (Wildman–Crippen LogP) is 4.26. The minimum Gasteiger partial charge on any atom is -0.504 e. The lowest BCUT2D eigenvalue weighted by atomic mass is 9.92. The van der Waals surface area contributed by atoms with Crippen molar-refractivity contribution in [3.8, 4) is 17.0 Å². The molecule has 3 aromatic heterocycles. The van der Waals surface area contributed by atoms with Gasteiger partial charge in [-0.3, -0.25) is 0 Å². The maximum atomic E-state index is 14.7. The first-order chi connectivity index (χ1) is 16.9. The molecule has 0 spiro atoms. The van der Waals surface area contributed by atoms with E-state index in [9.17, 15) is 18.3 Å². The number of pyridine rings is 1. The van der Waals surface area contributed by atoms with E-state index in [4.69, 9.17) is 0 Å². The number of aromatic hydroxyl groups is 1. The largest absolute Gasteiger partial charge is 0.504 e. The van der Waals surface area contributed by atoms with Crippen molar-refractivity contribution >= 4 is 28.6 Å². The fraction of sp³-hybridized carbons (Fsp3) is 0.250. The number of nitrogens with zero attached hydrogens (tertiary/aromatic N) is 6. The van der Waals surface area contributed by atoms with Gasteiger partial charge in [-0.1, -0.05) is 18.7 Å². The zero-order valence-corrected chi connectivity index (χ0v) is 18.4. The first kappa shape index (κ1) is 21.4. The van der Waals surface area contributed by atoms with Crippen LogP contribution in [0.5, 0.6) is 5.75 Å². The predicted molar refractivity (Wildman–Crippen MR) is 125 cm³/mol. The summed E-state index contributed by atoms with van der Waals surface area (Å²) in [4.78, 5) is 6.11. The molecule has 0 radical (unpaired) electrons. The van der Waals surface area contributed by atoms with Gasteiger partial charge in [0.1, 0.15) is 5.54 Å². The molecule has 1 aromatic carbocycles. The van der Waals surface area contributed by atoms with Gasteiger partial charge < -0.3 is 15.3 Å². The molecule has 8 nitrogen and oxygen atoms in total. The van der Waals surface area contributed by atoms with Crippen LogP contribution in [0, 0.1) is 5.82 Å². The van der Waals surface area contributed by atoms with Crippen molar-refractivity contribution in [2.24, 2.45) is 0 Å². The number of hydrogen-bond acceptors (Lipinski definition) is 7. The van der Waals surface area contributed by atoms with Gasteiger partial charge in [0, 0.05) is 36.7 Å². The first-order valence-electron chi connectivity index (χ1n) is 11.0. The molecule has 0 bridgehead atoms.